The third-order valence-electron chi connectivity index (χ3n) is 1.83. The fourth-order valence-electron chi connectivity index (χ4n) is 1.01. The first-order valence-electron chi connectivity index (χ1n) is 4.22. The van der Waals surface area contributed by atoms with Crippen LogP contribution in [0, 0.1) is 6.92 Å². The highest BCUT2D eigenvalue weighted by Gasteiger charge is 2.01. The summed E-state index contributed by atoms with van der Waals surface area (Å²) in [5.74, 6) is 0.733. The van der Waals surface area contributed by atoms with Crippen molar-refractivity contribution in [2.24, 2.45) is 0 Å². The largest absolute Gasteiger partial charge is 0.489 e. The first kappa shape index (κ1) is 9.86. The summed E-state index contributed by atoms with van der Waals surface area (Å²) in [7, 11) is 1.64. The molecular weight excluding hydrogens is 166 g/mol. The van der Waals surface area contributed by atoms with Crippen LogP contribution in [-0.4, -0.2) is 20.3 Å². The van der Waals surface area contributed by atoms with E-state index >= 15 is 0 Å². The van der Waals surface area contributed by atoms with E-state index in [0.29, 0.717) is 18.9 Å². The van der Waals surface area contributed by atoms with Crippen LogP contribution in [0.4, 0.5) is 5.69 Å². The van der Waals surface area contributed by atoms with Gasteiger partial charge in [0.15, 0.2) is 0 Å². The maximum Gasteiger partial charge on any atom is 0.142 e. The van der Waals surface area contributed by atoms with E-state index < -0.39 is 0 Å². The Bertz CT molecular complexity index is 274. The van der Waals surface area contributed by atoms with E-state index in [1.165, 1.54) is 0 Å². The minimum absolute atomic E-state index is 0.532. The molecule has 0 fully saturated rings. The monoisotopic (exact) mass is 181 g/mol. The molecule has 0 aliphatic carbocycles. The molecule has 13 heavy (non-hydrogen) atoms. The summed E-state index contributed by atoms with van der Waals surface area (Å²) in [6, 6.07) is 5.74. The number of aryl methyl sites for hydroxylation is 1. The van der Waals surface area contributed by atoms with Crippen LogP contribution in [0.2, 0.25) is 0 Å². The molecule has 3 nitrogen and oxygen atoms in total. The lowest BCUT2D eigenvalue weighted by Gasteiger charge is -2.09. The topological polar surface area (TPSA) is 44.5 Å². The first-order chi connectivity index (χ1) is 6.25. The quantitative estimate of drug-likeness (QED) is 0.567. The number of anilines is 1. The van der Waals surface area contributed by atoms with Gasteiger partial charge in [-0.25, -0.2) is 0 Å². The van der Waals surface area contributed by atoms with Crippen LogP contribution in [0.3, 0.4) is 0 Å². The molecule has 0 saturated heterocycles. The summed E-state index contributed by atoms with van der Waals surface area (Å²) in [6.07, 6.45) is 0. The summed E-state index contributed by atoms with van der Waals surface area (Å²) in [5, 5.41) is 0. The maximum absolute atomic E-state index is 5.80. The molecule has 0 atom stereocenters. The smallest absolute Gasteiger partial charge is 0.142 e. The van der Waals surface area contributed by atoms with Gasteiger partial charge in [0.05, 0.1) is 12.3 Å². The minimum Gasteiger partial charge on any atom is -0.489 e. The fourth-order valence-corrected chi connectivity index (χ4v) is 1.01. The Kier molecular flexibility index (Phi) is 3.58. The highest BCUT2D eigenvalue weighted by atomic mass is 16.5. The molecule has 1 aromatic carbocycles. The van der Waals surface area contributed by atoms with Crippen LogP contribution >= 0.6 is 0 Å². The van der Waals surface area contributed by atoms with E-state index in [2.05, 4.69) is 0 Å². The predicted octanol–water partition coefficient (Wildman–Crippen LogP) is 1.60. The van der Waals surface area contributed by atoms with Crippen LogP contribution in [0.15, 0.2) is 18.2 Å². The Hall–Kier alpha value is -1.22. The molecule has 1 rings (SSSR count). The minimum atomic E-state index is 0.532. The van der Waals surface area contributed by atoms with Crippen LogP contribution in [-0.2, 0) is 4.74 Å². The zero-order chi connectivity index (χ0) is 9.68. The SMILES string of the molecule is COCCOc1cccc(C)c1N. The molecule has 1 aromatic rings. The van der Waals surface area contributed by atoms with E-state index in [1.54, 1.807) is 7.11 Å². The summed E-state index contributed by atoms with van der Waals surface area (Å²) in [5.41, 5.74) is 7.54. The third kappa shape index (κ3) is 2.63. The predicted molar refractivity (Wildman–Crippen MR) is 53.0 cm³/mol. The van der Waals surface area contributed by atoms with Gasteiger partial charge in [0.1, 0.15) is 12.4 Å². The lowest BCUT2D eigenvalue weighted by molar-refractivity contribution is 0.146. The number of methoxy groups -OCH3 is 1. The summed E-state index contributed by atoms with van der Waals surface area (Å²) in [4.78, 5) is 0. The molecule has 72 valence electrons. The molecule has 2 N–H and O–H groups in total. The summed E-state index contributed by atoms with van der Waals surface area (Å²) >= 11 is 0. The zero-order valence-electron chi connectivity index (χ0n) is 8.04. The normalized spacial score (nSPS) is 10.0. The van der Waals surface area contributed by atoms with E-state index in [1.807, 2.05) is 25.1 Å². The third-order valence-corrected chi connectivity index (χ3v) is 1.83. The van der Waals surface area contributed by atoms with Gasteiger partial charge in [-0.3, -0.25) is 0 Å². The second-order valence-electron chi connectivity index (χ2n) is 2.83. The van der Waals surface area contributed by atoms with Gasteiger partial charge in [-0.1, -0.05) is 12.1 Å². The van der Waals surface area contributed by atoms with Crippen molar-refractivity contribution in [3.8, 4) is 5.75 Å². The van der Waals surface area contributed by atoms with Crippen LogP contribution in [0.25, 0.3) is 0 Å². The number of hydrogen-bond acceptors (Lipinski definition) is 3. The number of para-hydroxylation sites is 1. The van der Waals surface area contributed by atoms with Gasteiger partial charge in [-0.15, -0.1) is 0 Å². The van der Waals surface area contributed by atoms with Crippen molar-refractivity contribution in [1.82, 2.24) is 0 Å². The number of ether oxygens (including phenoxy) is 2. The fraction of sp³-hybridized carbons (Fsp3) is 0.400. The van der Waals surface area contributed by atoms with Gasteiger partial charge in [-0.2, -0.15) is 0 Å². The standard InChI is InChI=1S/C10H15NO2/c1-8-4-3-5-9(10(8)11)13-7-6-12-2/h3-5H,6-7,11H2,1-2H3. The Morgan fingerprint density at radius 2 is 2.08 bits per heavy atom. The molecule has 0 unspecified atom stereocenters. The van der Waals surface area contributed by atoms with Gasteiger partial charge >= 0.3 is 0 Å². The molecule has 0 bridgehead atoms. The maximum atomic E-state index is 5.80. The van der Waals surface area contributed by atoms with E-state index in [9.17, 15) is 0 Å². The molecule has 0 radical (unpaired) electrons. The molecule has 0 heterocycles. The molecule has 0 aliphatic rings. The highest BCUT2D eigenvalue weighted by molar-refractivity contribution is 5.57. The van der Waals surface area contributed by atoms with Crippen molar-refractivity contribution in [3.05, 3.63) is 23.8 Å². The zero-order valence-corrected chi connectivity index (χ0v) is 8.04. The lowest BCUT2D eigenvalue weighted by Crippen LogP contribution is -2.06. The molecule has 3 heteroatoms. The molecule has 0 aromatic heterocycles. The van der Waals surface area contributed by atoms with Crippen molar-refractivity contribution in [1.29, 1.82) is 0 Å². The van der Waals surface area contributed by atoms with Crippen molar-refractivity contribution in [3.63, 3.8) is 0 Å². The van der Waals surface area contributed by atoms with Gasteiger partial charge in [0, 0.05) is 7.11 Å². The van der Waals surface area contributed by atoms with Crippen molar-refractivity contribution in [2.75, 3.05) is 26.1 Å². The van der Waals surface area contributed by atoms with Crippen LogP contribution < -0.4 is 10.5 Å². The van der Waals surface area contributed by atoms with Crippen LogP contribution in [0.5, 0.6) is 5.75 Å². The second-order valence-corrected chi connectivity index (χ2v) is 2.83. The molecule has 0 saturated carbocycles. The molecular formula is C10H15NO2. The van der Waals surface area contributed by atoms with Gasteiger partial charge < -0.3 is 15.2 Å². The summed E-state index contributed by atoms with van der Waals surface area (Å²) < 4.78 is 10.3. The Balaban J connectivity index is 2.61. The molecule has 0 amide bonds. The molecule has 0 spiro atoms. The van der Waals surface area contributed by atoms with Gasteiger partial charge in [0.25, 0.3) is 0 Å². The summed E-state index contributed by atoms with van der Waals surface area (Å²) in [6.45, 7) is 3.07. The van der Waals surface area contributed by atoms with Crippen molar-refractivity contribution >= 4 is 5.69 Å². The second kappa shape index (κ2) is 4.72. The van der Waals surface area contributed by atoms with Crippen molar-refractivity contribution in [2.45, 2.75) is 6.92 Å². The first-order valence-corrected chi connectivity index (χ1v) is 4.22. The number of benzene rings is 1. The average Bonchev–Trinajstić information content (AvgIpc) is 2.13. The van der Waals surface area contributed by atoms with E-state index in [0.717, 1.165) is 11.3 Å². The number of rotatable bonds is 4. The molecule has 0 aliphatic heterocycles. The number of hydrogen-bond donors (Lipinski definition) is 1. The lowest BCUT2D eigenvalue weighted by atomic mass is 10.2. The van der Waals surface area contributed by atoms with Gasteiger partial charge in [-0.05, 0) is 18.6 Å². The number of nitrogens with two attached hydrogens (primary N) is 1. The van der Waals surface area contributed by atoms with E-state index in [-0.39, 0.29) is 0 Å². The van der Waals surface area contributed by atoms with E-state index in [4.69, 9.17) is 15.2 Å². The number of nitrogen functional groups attached to an aromatic ring is 1. The Morgan fingerprint density at radius 3 is 2.77 bits per heavy atom. The average molecular weight is 181 g/mol. The Morgan fingerprint density at radius 1 is 1.31 bits per heavy atom. The highest BCUT2D eigenvalue weighted by Crippen LogP contribution is 2.23. The van der Waals surface area contributed by atoms with Gasteiger partial charge in [0.2, 0.25) is 0 Å². The Labute approximate surface area is 78.5 Å². The van der Waals surface area contributed by atoms with Crippen molar-refractivity contribution < 1.29 is 9.47 Å². The van der Waals surface area contributed by atoms with Crippen LogP contribution in [0.1, 0.15) is 5.56 Å².